The average molecular weight is 223 g/mol. The summed E-state index contributed by atoms with van der Waals surface area (Å²) in [6.07, 6.45) is -5.56. The normalized spacial score (nSPS) is 11.5. The van der Waals surface area contributed by atoms with Crippen LogP contribution in [0.15, 0.2) is 10.6 Å². The molecule has 0 aliphatic carbocycles. The second-order valence-corrected chi connectivity index (χ2v) is 2.79. The molecule has 0 atom stereocenters. The fourth-order valence-electron chi connectivity index (χ4n) is 0.896. The van der Waals surface area contributed by atoms with Gasteiger partial charge in [0.1, 0.15) is 0 Å². The number of ether oxygens (including phenoxy) is 1. The molecular weight excluding hydrogens is 215 g/mol. The minimum Gasteiger partial charge on any atom is -0.463 e. The van der Waals surface area contributed by atoms with E-state index in [1.807, 2.05) is 0 Å². The summed E-state index contributed by atoms with van der Waals surface area (Å²) in [5, 5.41) is 3.31. The van der Waals surface area contributed by atoms with E-state index >= 15 is 0 Å². The second-order valence-electron chi connectivity index (χ2n) is 2.79. The molecule has 0 amide bonds. The van der Waals surface area contributed by atoms with Gasteiger partial charge in [-0.15, -0.1) is 0 Å². The van der Waals surface area contributed by atoms with Gasteiger partial charge in [0.25, 0.3) is 0 Å². The number of aryl methyl sites for hydroxylation is 1. The summed E-state index contributed by atoms with van der Waals surface area (Å²) in [7, 11) is 1.14. The van der Waals surface area contributed by atoms with Crippen molar-refractivity contribution in [3.05, 3.63) is 17.5 Å². The quantitative estimate of drug-likeness (QED) is 0.735. The van der Waals surface area contributed by atoms with Gasteiger partial charge in [-0.25, -0.2) is 4.79 Å². The first-order valence-corrected chi connectivity index (χ1v) is 4.03. The molecule has 0 N–H and O–H groups in total. The Kier molecular flexibility index (Phi) is 3.33. The predicted molar refractivity (Wildman–Crippen MR) is 42.2 cm³/mol. The van der Waals surface area contributed by atoms with Crippen LogP contribution in [-0.2, 0) is 11.2 Å². The van der Waals surface area contributed by atoms with E-state index in [0.29, 0.717) is 0 Å². The number of nitrogens with zero attached hydrogens (tertiary/aromatic N) is 1. The van der Waals surface area contributed by atoms with Gasteiger partial charge in [-0.2, -0.15) is 13.2 Å². The summed E-state index contributed by atoms with van der Waals surface area (Å²) in [4.78, 5) is 10.8. The van der Waals surface area contributed by atoms with Crippen LogP contribution < -0.4 is 0 Å². The van der Waals surface area contributed by atoms with Gasteiger partial charge in [0.05, 0.1) is 12.8 Å². The SMILES string of the molecule is COC(=O)c1cc(CCC(F)(F)F)no1. The molecule has 0 fully saturated rings. The van der Waals surface area contributed by atoms with E-state index in [9.17, 15) is 18.0 Å². The van der Waals surface area contributed by atoms with Crippen LogP contribution in [0.2, 0.25) is 0 Å². The van der Waals surface area contributed by atoms with E-state index in [-0.39, 0.29) is 17.9 Å². The summed E-state index contributed by atoms with van der Waals surface area (Å²) < 4.78 is 44.3. The molecule has 1 heterocycles. The van der Waals surface area contributed by atoms with Crippen LogP contribution >= 0.6 is 0 Å². The summed E-state index contributed by atoms with van der Waals surface area (Å²) in [6, 6.07) is 1.14. The van der Waals surface area contributed by atoms with Gasteiger partial charge in [-0.05, 0) is 0 Å². The number of rotatable bonds is 3. The number of carbonyl (C=O) groups is 1. The Hall–Kier alpha value is -1.53. The van der Waals surface area contributed by atoms with Gasteiger partial charge in [0.15, 0.2) is 0 Å². The Bertz CT molecular complexity index is 345. The molecule has 84 valence electrons. The molecule has 0 aliphatic heterocycles. The summed E-state index contributed by atoms with van der Waals surface area (Å²) in [5.74, 6) is -0.963. The molecular formula is C8H8F3NO3. The number of carbonyl (C=O) groups excluding carboxylic acids is 1. The van der Waals surface area contributed by atoms with Crippen molar-refractivity contribution in [3.8, 4) is 0 Å². The Morgan fingerprint density at radius 2 is 2.27 bits per heavy atom. The van der Waals surface area contributed by atoms with E-state index < -0.39 is 18.6 Å². The molecule has 0 unspecified atom stereocenters. The lowest BCUT2D eigenvalue weighted by Gasteiger charge is -2.02. The van der Waals surface area contributed by atoms with Crippen molar-refractivity contribution in [1.82, 2.24) is 5.16 Å². The number of aromatic nitrogens is 1. The van der Waals surface area contributed by atoms with Gasteiger partial charge in [-0.1, -0.05) is 5.16 Å². The van der Waals surface area contributed by atoms with Gasteiger partial charge >= 0.3 is 12.1 Å². The van der Waals surface area contributed by atoms with E-state index in [4.69, 9.17) is 0 Å². The first kappa shape index (κ1) is 11.5. The molecule has 0 aliphatic rings. The Morgan fingerprint density at radius 1 is 1.60 bits per heavy atom. The molecule has 0 spiro atoms. The highest BCUT2D eigenvalue weighted by atomic mass is 19.4. The first-order chi connectivity index (χ1) is 6.92. The Labute approximate surface area is 83.0 Å². The number of halogens is 3. The van der Waals surface area contributed by atoms with Gasteiger partial charge in [0.2, 0.25) is 5.76 Å². The molecule has 1 rings (SSSR count). The Morgan fingerprint density at radius 3 is 2.80 bits per heavy atom. The minimum absolute atomic E-state index is 0.0766. The van der Waals surface area contributed by atoms with Crippen LogP contribution in [0, 0.1) is 0 Å². The number of esters is 1. The lowest BCUT2D eigenvalue weighted by atomic mass is 10.2. The van der Waals surface area contributed by atoms with Gasteiger partial charge in [0, 0.05) is 18.9 Å². The molecule has 0 aromatic carbocycles. The third-order valence-corrected chi connectivity index (χ3v) is 1.61. The number of alkyl halides is 3. The van der Waals surface area contributed by atoms with E-state index in [0.717, 1.165) is 13.2 Å². The predicted octanol–water partition coefficient (Wildman–Crippen LogP) is 1.96. The highest BCUT2D eigenvalue weighted by Gasteiger charge is 2.27. The van der Waals surface area contributed by atoms with Crippen LogP contribution in [0.5, 0.6) is 0 Å². The largest absolute Gasteiger partial charge is 0.463 e. The van der Waals surface area contributed by atoms with Crippen molar-refractivity contribution in [1.29, 1.82) is 0 Å². The third kappa shape index (κ3) is 3.61. The van der Waals surface area contributed by atoms with Crippen molar-refractivity contribution in [2.45, 2.75) is 19.0 Å². The summed E-state index contributed by atoms with van der Waals surface area (Å²) in [6.45, 7) is 0. The Balaban J connectivity index is 2.57. The lowest BCUT2D eigenvalue weighted by Crippen LogP contribution is -2.08. The average Bonchev–Trinajstić information content (AvgIpc) is 2.61. The van der Waals surface area contributed by atoms with Gasteiger partial charge < -0.3 is 9.26 Å². The van der Waals surface area contributed by atoms with Crippen molar-refractivity contribution in [3.63, 3.8) is 0 Å². The van der Waals surface area contributed by atoms with Crippen molar-refractivity contribution in [2.75, 3.05) is 7.11 Å². The van der Waals surface area contributed by atoms with Gasteiger partial charge in [-0.3, -0.25) is 0 Å². The maximum Gasteiger partial charge on any atom is 0.389 e. The third-order valence-electron chi connectivity index (χ3n) is 1.61. The fraction of sp³-hybridized carbons (Fsp3) is 0.500. The molecule has 1 aromatic heterocycles. The highest BCUT2D eigenvalue weighted by molar-refractivity contribution is 5.86. The molecule has 0 saturated heterocycles. The minimum atomic E-state index is -4.25. The lowest BCUT2D eigenvalue weighted by molar-refractivity contribution is -0.134. The zero-order valence-corrected chi connectivity index (χ0v) is 7.80. The molecule has 0 bridgehead atoms. The van der Waals surface area contributed by atoms with Crippen molar-refractivity contribution in [2.24, 2.45) is 0 Å². The monoisotopic (exact) mass is 223 g/mol. The summed E-state index contributed by atoms with van der Waals surface area (Å²) >= 11 is 0. The van der Waals surface area contributed by atoms with Crippen molar-refractivity contribution < 1.29 is 27.2 Å². The van der Waals surface area contributed by atoms with Crippen LogP contribution in [-0.4, -0.2) is 24.4 Å². The second kappa shape index (κ2) is 4.33. The molecule has 7 heteroatoms. The number of hydrogen-bond donors (Lipinski definition) is 0. The van der Waals surface area contributed by atoms with Crippen LogP contribution in [0.3, 0.4) is 0 Å². The zero-order chi connectivity index (χ0) is 11.5. The molecule has 1 aromatic rings. The summed E-state index contributed by atoms with van der Waals surface area (Å²) in [5.41, 5.74) is 0.0766. The standard InChI is InChI=1S/C8H8F3NO3/c1-14-7(13)6-4-5(12-15-6)2-3-8(9,10)11/h4H,2-3H2,1H3. The van der Waals surface area contributed by atoms with E-state index in [2.05, 4.69) is 14.4 Å². The first-order valence-electron chi connectivity index (χ1n) is 4.03. The molecule has 0 saturated carbocycles. The fourth-order valence-corrected chi connectivity index (χ4v) is 0.896. The topological polar surface area (TPSA) is 52.3 Å². The zero-order valence-electron chi connectivity index (χ0n) is 7.80. The highest BCUT2D eigenvalue weighted by Crippen LogP contribution is 2.21. The van der Waals surface area contributed by atoms with Crippen LogP contribution in [0.25, 0.3) is 0 Å². The van der Waals surface area contributed by atoms with Crippen LogP contribution in [0.1, 0.15) is 22.7 Å². The molecule has 0 radical (unpaired) electrons. The maximum atomic E-state index is 11.8. The maximum absolute atomic E-state index is 11.8. The van der Waals surface area contributed by atoms with Crippen LogP contribution in [0.4, 0.5) is 13.2 Å². The smallest absolute Gasteiger partial charge is 0.389 e. The number of hydrogen-bond acceptors (Lipinski definition) is 4. The van der Waals surface area contributed by atoms with E-state index in [1.165, 1.54) is 0 Å². The number of methoxy groups -OCH3 is 1. The molecule has 4 nitrogen and oxygen atoms in total. The van der Waals surface area contributed by atoms with Crippen molar-refractivity contribution >= 4 is 5.97 Å². The van der Waals surface area contributed by atoms with E-state index in [1.54, 1.807) is 0 Å². The molecule has 15 heavy (non-hydrogen) atoms.